The van der Waals surface area contributed by atoms with Crippen LogP contribution >= 0.6 is 23.7 Å². The molecule has 0 unspecified atom stereocenters. The molecular formula is C14H18ClN3O2S. The van der Waals surface area contributed by atoms with Gasteiger partial charge in [0.2, 0.25) is 0 Å². The molecule has 2 rings (SSSR count). The molecule has 0 radical (unpaired) electrons. The molecule has 0 saturated carbocycles. The number of hydrogen-bond acceptors (Lipinski definition) is 5. The van der Waals surface area contributed by atoms with E-state index in [4.69, 9.17) is 10.5 Å². The zero-order valence-electron chi connectivity index (χ0n) is 11.9. The van der Waals surface area contributed by atoms with Crippen LogP contribution in [0, 0.1) is 6.92 Å². The number of anilines is 1. The minimum Gasteiger partial charge on any atom is -0.495 e. The molecule has 5 nitrogen and oxygen atoms in total. The molecule has 0 aliphatic carbocycles. The van der Waals surface area contributed by atoms with Crippen LogP contribution in [-0.4, -0.2) is 24.5 Å². The van der Waals surface area contributed by atoms with Gasteiger partial charge in [0.15, 0.2) is 0 Å². The number of nitrogens with zero attached hydrogens (tertiary/aromatic N) is 1. The molecule has 0 bridgehead atoms. The van der Waals surface area contributed by atoms with Crippen molar-refractivity contribution < 1.29 is 9.53 Å². The summed E-state index contributed by atoms with van der Waals surface area (Å²) in [5.41, 5.74) is 7.58. The number of benzene rings is 1. The summed E-state index contributed by atoms with van der Waals surface area (Å²) in [6.45, 7) is 2.49. The predicted octanol–water partition coefficient (Wildman–Crippen LogP) is 2.64. The lowest BCUT2D eigenvalue weighted by Crippen LogP contribution is -2.13. The minimum atomic E-state index is -0.244. The summed E-state index contributed by atoms with van der Waals surface area (Å²) in [4.78, 5) is 16.4. The van der Waals surface area contributed by atoms with Crippen LogP contribution < -0.4 is 15.8 Å². The standard InChI is InChI=1S/C14H17N3O2S.ClH/c1-9-3-4-10(12(7-9)19-2)17-14(18)11-8-20-13(16-11)5-6-15;/h3-4,7-8H,5-6,15H2,1-2H3,(H,17,18);1H. The average Bonchev–Trinajstić information content (AvgIpc) is 2.90. The van der Waals surface area contributed by atoms with Gasteiger partial charge in [-0.25, -0.2) is 4.98 Å². The highest BCUT2D eigenvalue weighted by molar-refractivity contribution is 7.09. The Morgan fingerprint density at radius 2 is 2.24 bits per heavy atom. The quantitative estimate of drug-likeness (QED) is 0.885. The zero-order valence-corrected chi connectivity index (χ0v) is 13.5. The van der Waals surface area contributed by atoms with Crippen LogP contribution in [0.15, 0.2) is 23.6 Å². The van der Waals surface area contributed by atoms with Crippen molar-refractivity contribution in [3.8, 4) is 5.75 Å². The Kier molecular flexibility index (Phi) is 6.61. The molecule has 0 aliphatic heterocycles. The maximum Gasteiger partial charge on any atom is 0.275 e. The number of nitrogens with one attached hydrogen (secondary N) is 1. The smallest absolute Gasteiger partial charge is 0.275 e. The number of methoxy groups -OCH3 is 1. The number of thiazole rings is 1. The second kappa shape index (κ2) is 7.97. The summed E-state index contributed by atoms with van der Waals surface area (Å²) in [5, 5.41) is 5.42. The molecule has 1 aromatic carbocycles. The van der Waals surface area contributed by atoms with Crippen LogP contribution in [0.25, 0.3) is 0 Å². The third-order valence-corrected chi connectivity index (χ3v) is 3.66. The number of rotatable bonds is 5. The molecular weight excluding hydrogens is 310 g/mol. The van der Waals surface area contributed by atoms with Gasteiger partial charge in [0.25, 0.3) is 5.91 Å². The van der Waals surface area contributed by atoms with E-state index in [1.807, 2.05) is 25.1 Å². The van der Waals surface area contributed by atoms with Crippen LogP contribution in [0.2, 0.25) is 0 Å². The van der Waals surface area contributed by atoms with E-state index in [9.17, 15) is 4.79 Å². The van der Waals surface area contributed by atoms with Crippen molar-refractivity contribution in [1.29, 1.82) is 0 Å². The zero-order chi connectivity index (χ0) is 14.5. The first-order chi connectivity index (χ1) is 9.63. The van der Waals surface area contributed by atoms with E-state index in [1.54, 1.807) is 12.5 Å². The van der Waals surface area contributed by atoms with E-state index < -0.39 is 0 Å². The molecule has 2 aromatic rings. The third-order valence-electron chi connectivity index (χ3n) is 2.75. The number of halogens is 1. The molecule has 0 aliphatic rings. The minimum absolute atomic E-state index is 0. The summed E-state index contributed by atoms with van der Waals surface area (Å²) in [6.07, 6.45) is 0.686. The summed E-state index contributed by atoms with van der Waals surface area (Å²) in [7, 11) is 1.58. The van der Waals surface area contributed by atoms with Gasteiger partial charge in [0, 0.05) is 11.8 Å². The summed E-state index contributed by atoms with van der Waals surface area (Å²) >= 11 is 1.44. The normalized spacial score (nSPS) is 9.86. The number of nitrogens with two attached hydrogens (primary N) is 1. The molecule has 114 valence electrons. The Bertz CT molecular complexity index is 616. The van der Waals surface area contributed by atoms with Crippen molar-refractivity contribution in [2.45, 2.75) is 13.3 Å². The van der Waals surface area contributed by atoms with Crippen LogP contribution in [0.3, 0.4) is 0 Å². The lowest BCUT2D eigenvalue weighted by molar-refractivity contribution is 0.102. The Morgan fingerprint density at radius 3 is 2.90 bits per heavy atom. The Morgan fingerprint density at radius 1 is 1.48 bits per heavy atom. The molecule has 0 saturated heterocycles. The molecule has 0 atom stereocenters. The van der Waals surface area contributed by atoms with Gasteiger partial charge in [-0.05, 0) is 31.2 Å². The van der Waals surface area contributed by atoms with Gasteiger partial charge in [0.1, 0.15) is 11.4 Å². The van der Waals surface area contributed by atoms with Crippen molar-refractivity contribution in [2.24, 2.45) is 5.73 Å². The molecule has 1 heterocycles. The van der Waals surface area contributed by atoms with Crippen LogP contribution in [0.1, 0.15) is 21.1 Å². The number of amides is 1. The summed E-state index contributed by atoms with van der Waals surface area (Å²) < 4.78 is 5.26. The highest BCUT2D eigenvalue weighted by Gasteiger charge is 2.13. The molecule has 3 N–H and O–H groups in total. The van der Waals surface area contributed by atoms with Gasteiger partial charge < -0.3 is 15.8 Å². The van der Waals surface area contributed by atoms with Crippen molar-refractivity contribution in [2.75, 3.05) is 19.0 Å². The molecule has 0 fully saturated rings. The number of aromatic nitrogens is 1. The van der Waals surface area contributed by atoms with Gasteiger partial charge in [-0.15, -0.1) is 23.7 Å². The second-order valence-electron chi connectivity index (χ2n) is 4.32. The van der Waals surface area contributed by atoms with Crippen LogP contribution in [0.4, 0.5) is 5.69 Å². The van der Waals surface area contributed by atoms with Gasteiger partial charge in [-0.3, -0.25) is 4.79 Å². The fraction of sp³-hybridized carbons (Fsp3) is 0.286. The average molecular weight is 328 g/mol. The van der Waals surface area contributed by atoms with Crippen LogP contribution in [-0.2, 0) is 6.42 Å². The van der Waals surface area contributed by atoms with E-state index in [0.717, 1.165) is 10.6 Å². The fourth-order valence-corrected chi connectivity index (χ4v) is 2.54. The van der Waals surface area contributed by atoms with Gasteiger partial charge in [-0.2, -0.15) is 0 Å². The van der Waals surface area contributed by atoms with Crippen molar-refractivity contribution >= 4 is 35.3 Å². The Labute approximate surface area is 133 Å². The maximum atomic E-state index is 12.1. The van der Waals surface area contributed by atoms with E-state index >= 15 is 0 Å². The van der Waals surface area contributed by atoms with Crippen molar-refractivity contribution in [3.63, 3.8) is 0 Å². The predicted molar refractivity (Wildman–Crippen MR) is 87.8 cm³/mol. The SMILES string of the molecule is COc1cc(C)ccc1NC(=O)c1csc(CCN)n1.Cl. The monoisotopic (exact) mass is 327 g/mol. The van der Waals surface area contributed by atoms with E-state index in [0.29, 0.717) is 30.1 Å². The largest absolute Gasteiger partial charge is 0.495 e. The van der Waals surface area contributed by atoms with Crippen molar-refractivity contribution in [1.82, 2.24) is 4.98 Å². The molecule has 7 heteroatoms. The lowest BCUT2D eigenvalue weighted by Gasteiger charge is -2.09. The summed E-state index contributed by atoms with van der Waals surface area (Å²) in [6, 6.07) is 5.61. The van der Waals surface area contributed by atoms with E-state index in [1.165, 1.54) is 11.3 Å². The highest BCUT2D eigenvalue weighted by atomic mass is 35.5. The second-order valence-corrected chi connectivity index (χ2v) is 5.27. The fourth-order valence-electron chi connectivity index (χ4n) is 1.74. The first kappa shape index (κ1) is 17.4. The van der Waals surface area contributed by atoms with Gasteiger partial charge in [0.05, 0.1) is 17.8 Å². The van der Waals surface area contributed by atoms with Gasteiger partial charge in [-0.1, -0.05) is 6.07 Å². The highest BCUT2D eigenvalue weighted by Crippen LogP contribution is 2.25. The van der Waals surface area contributed by atoms with Crippen LogP contribution in [0.5, 0.6) is 5.75 Å². The number of carbonyl (C=O) groups is 1. The Balaban J connectivity index is 0.00000220. The number of hydrogen-bond donors (Lipinski definition) is 2. The summed E-state index contributed by atoms with van der Waals surface area (Å²) in [5.74, 6) is 0.391. The first-order valence-electron chi connectivity index (χ1n) is 6.24. The van der Waals surface area contributed by atoms with E-state index in [2.05, 4.69) is 10.3 Å². The molecule has 1 aromatic heterocycles. The van der Waals surface area contributed by atoms with Gasteiger partial charge >= 0.3 is 0 Å². The molecule has 21 heavy (non-hydrogen) atoms. The van der Waals surface area contributed by atoms with E-state index in [-0.39, 0.29) is 18.3 Å². The Hall–Kier alpha value is -1.63. The number of aryl methyl sites for hydroxylation is 1. The lowest BCUT2D eigenvalue weighted by atomic mass is 10.2. The molecule has 1 amide bonds. The molecule has 0 spiro atoms. The third kappa shape index (κ3) is 4.42. The van der Waals surface area contributed by atoms with Crippen molar-refractivity contribution in [3.05, 3.63) is 39.8 Å². The number of carbonyl (C=O) groups excluding carboxylic acids is 1. The number of ether oxygens (including phenoxy) is 1. The topological polar surface area (TPSA) is 77.2 Å². The maximum absolute atomic E-state index is 12.1. The first-order valence-corrected chi connectivity index (χ1v) is 7.12.